The third kappa shape index (κ3) is 4.30. The number of benzene rings is 2. The molecule has 8 heteroatoms. The average molecular weight is 348 g/mol. The first-order valence-electron chi connectivity index (χ1n) is 7.34. The first-order chi connectivity index (χ1) is 12.1. The maximum atomic E-state index is 12.1. The van der Waals surface area contributed by atoms with E-state index in [1.54, 1.807) is 24.3 Å². The maximum Gasteiger partial charge on any atom is 0.387 e. The molecule has 0 saturated heterocycles. The van der Waals surface area contributed by atoms with E-state index in [2.05, 4.69) is 14.9 Å². The molecular weight excluding hydrogens is 334 g/mol. The molecule has 1 heterocycles. The number of hydrogen-bond acceptors (Lipinski definition) is 6. The SMILES string of the molecule is OC(COc1ccccc1-c1nnco1)c1ccc(OC(F)F)cc1. The van der Waals surface area contributed by atoms with Crippen molar-refractivity contribution >= 4 is 0 Å². The van der Waals surface area contributed by atoms with Crippen LogP contribution in [0.15, 0.2) is 59.3 Å². The summed E-state index contributed by atoms with van der Waals surface area (Å²) in [6, 6.07) is 12.7. The number of rotatable bonds is 7. The van der Waals surface area contributed by atoms with Gasteiger partial charge in [0.05, 0.1) is 5.56 Å². The minimum absolute atomic E-state index is 0.0219. The third-order valence-electron chi connectivity index (χ3n) is 3.36. The molecule has 1 unspecified atom stereocenters. The molecule has 0 aliphatic heterocycles. The van der Waals surface area contributed by atoms with Crippen LogP contribution in [0.25, 0.3) is 11.5 Å². The predicted molar refractivity (Wildman–Crippen MR) is 83.3 cm³/mol. The fraction of sp³-hybridized carbons (Fsp3) is 0.176. The third-order valence-corrected chi connectivity index (χ3v) is 3.36. The van der Waals surface area contributed by atoms with Crippen molar-refractivity contribution in [2.45, 2.75) is 12.7 Å². The average Bonchev–Trinajstić information content (AvgIpc) is 3.14. The van der Waals surface area contributed by atoms with Crippen molar-refractivity contribution in [3.63, 3.8) is 0 Å². The number of hydrogen-bond donors (Lipinski definition) is 1. The Balaban J connectivity index is 1.66. The lowest BCUT2D eigenvalue weighted by Crippen LogP contribution is -2.10. The number of ether oxygens (including phenoxy) is 2. The van der Waals surface area contributed by atoms with Gasteiger partial charge in [-0.2, -0.15) is 8.78 Å². The summed E-state index contributed by atoms with van der Waals surface area (Å²) in [5.41, 5.74) is 1.12. The van der Waals surface area contributed by atoms with Crippen LogP contribution in [0.1, 0.15) is 11.7 Å². The van der Waals surface area contributed by atoms with E-state index >= 15 is 0 Å². The Morgan fingerprint density at radius 3 is 2.52 bits per heavy atom. The van der Waals surface area contributed by atoms with Crippen LogP contribution in [-0.2, 0) is 0 Å². The van der Waals surface area contributed by atoms with Crippen LogP contribution in [0, 0.1) is 0 Å². The highest BCUT2D eigenvalue weighted by Gasteiger charge is 2.14. The Morgan fingerprint density at radius 2 is 1.84 bits per heavy atom. The van der Waals surface area contributed by atoms with Gasteiger partial charge >= 0.3 is 6.61 Å². The summed E-state index contributed by atoms with van der Waals surface area (Å²) in [7, 11) is 0. The molecule has 0 amide bonds. The highest BCUT2D eigenvalue weighted by atomic mass is 19.3. The summed E-state index contributed by atoms with van der Waals surface area (Å²) in [4.78, 5) is 0. The van der Waals surface area contributed by atoms with E-state index in [4.69, 9.17) is 9.15 Å². The van der Waals surface area contributed by atoms with Gasteiger partial charge in [-0.25, -0.2) is 0 Å². The number of aliphatic hydroxyl groups excluding tert-OH is 1. The first kappa shape index (κ1) is 16.8. The van der Waals surface area contributed by atoms with Gasteiger partial charge in [-0.3, -0.25) is 0 Å². The van der Waals surface area contributed by atoms with Gasteiger partial charge in [0.2, 0.25) is 6.39 Å². The van der Waals surface area contributed by atoms with Gasteiger partial charge in [-0.05, 0) is 29.8 Å². The Morgan fingerprint density at radius 1 is 1.08 bits per heavy atom. The minimum atomic E-state index is -2.89. The second-order valence-corrected chi connectivity index (χ2v) is 5.01. The first-order valence-corrected chi connectivity index (χ1v) is 7.34. The van der Waals surface area contributed by atoms with Crippen LogP contribution in [0.3, 0.4) is 0 Å². The quantitative estimate of drug-likeness (QED) is 0.705. The number of aromatic nitrogens is 2. The summed E-state index contributed by atoms with van der Waals surface area (Å²) >= 11 is 0. The highest BCUT2D eigenvalue weighted by molar-refractivity contribution is 5.62. The molecule has 1 aromatic heterocycles. The molecule has 0 radical (unpaired) electrons. The van der Waals surface area contributed by atoms with Gasteiger partial charge in [0.25, 0.3) is 5.89 Å². The second kappa shape index (κ2) is 7.71. The Hall–Kier alpha value is -3.00. The van der Waals surface area contributed by atoms with Crippen LogP contribution in [-0.4, -0.2) is 28.5 Å². The molecule has 130 valence electrons. The molecule has 1 N–H and O–H groups in total. The number of para-hydroxylation sites is 1. The molecular formula is C17H14F2N2O4. The van der Waals surface area contributed by atoms with E-state index in [1.807, 2.05) is 0 Å². The van der Waals surface area contributed by atoms with E-state index in [0.717, 1.165) is 0 Å². The van der Waals surface area contributed by atoms with E-state index in [9.17, 15) is 13.9 Å². The van der Waals surface area contributed by atoms with Gasteiger partial charge < -0.3 is 19.0 Å². The van der Waals surface area contributed by atoms with E-state index in [1.165, 1.54) is 30.7 Å². The molecule has 25 heavy (non-hydrogen) atoms. The largest absolute Gasteiger partial charge is 0.490 e. The van der Waals surface area contributed by atoms with E-state index < -0.39 is 12.7 Å². The lowest BCUT2D eigenvalue weighted by molar-refractivity contribution is -0.0498. The summed E-state index contributed by atoms with van der Waals surface area (Å²) in [5.74, 6) is 0.802. The van der Waals surface area contributed by atoms with Crippen molar-refractivity contribution in [1.29, 1.82) is 0 Å². The maximum absolute atomic E-state index is 12.1. The van der Waals surface area contributed by atoms with Gasteiger partial charge in [0, 0.05) is 0 Å². The van der Waals surface area contributed by atoms with Crippen molar-refractivity contribution in [2.75, 3.05) is 6.61 Å². The fourth-order valence-electron chi connectivity index (χ4n) is 2.20. The van der Waals surface area contributed by atoms with Gasteiger partial charge in [-0.15, -0.1) is 10.2 Å². The Labute approximate surface area is 141 Å². The molecule has 3 aromatic rings. The van der Waals surface area contributed by atoms with Crippen LogP contribution in [0.4, 0.5) is 8.78 Å². The van der Waals surface area contributed by atoms with Crippen molar-refractivity contribution in [1.82, 2.24) is 10.2 Å². The van der Waals surface area contributed by atoms with Crippen molar-refractivity contribution in [3.8, 4) is 23.0 Å². The van der Waals surface area contributed by atoms with Crippen molar-refractivity contribution in [2.24, 2.45) is 0 Å². The zero-order valence-electron chi connectivity index (χ0n) is 12.9. The zero-order valence-corrected chi connectivity index (χ0v) is 12.9. The highest BCUT2D eigenvalue weighted by Crippen LogP contribution is 2.29. The zero-order chi connectivity index (χ0) is 17.6. The minimum Gasteiger partial charge on any atom is -0.490 e. The van der Waals surface area contributed by atoms with E-state index in [0.29, 0.717) is 22.8 Å². The second-order valence-electron chi connectivity index (χ2n) is 5.01. The van der Waals surface area contributed by atoms with Crippen LogP contribution in [0.5, 0.6) is 11.5 Å². The lowest BCUT2D eigenvalue weighted by atomic mass is 10.1. The summed E-state index contributed by atoms with van der Waals surface area (Å²) in [6.07, 6.45) is 0.264. The molecule has 0 fully saturated rings. The Bertz CT molecular complexity index is 795. The molecule has 0 aliphatic rings. The van der Waals surface area contributed by atoms with Crippen LogP contribution in [0.2, 0.25) is 0 Å². The lowest BCUT2D eigenvalue weighted by Gasteiger charge is -2.14. The number of nitrogens with zero attached hydrogens (tertiary/aromatic N) is 2. The molecule has 0 bridgehead atoms. The van der Waals surface area contributed by atoms with Crippen LogP contribution < -0.4 is 9.47 Å². The summed E-state index contributed by atoms with van der Waals surface area (Å²) in [5, 5.41) is 17.7. The van der Waals surface area contributed by atoms with Crippen molar-refractivity contribution in [3.05, 3.63) is 60.5 Å². The fourth-order valence-corrected chi connectivity index (χ4v) is 2.20. The number of aliphatic hydroxyl groups is 1. The van der Waals surface area contributed by atoms with E-state index in [-0.39, 0.29) is 12.4 Å². The predicted octanol–water partition coefficient (Wildman–Crippen LogP) is 3.45. The summed E-state index contributed by atoms with van der Waals surface area (Å²) < 4.78 is 39.3. The monoisotopic (exact) mass is 348 g/mol. The summed E-state index contributed by atoms with van der Waals surface area (Å²) in [6.45, 7) is -2.93. The Kier molecular flexibility index (Phi) is 5.20. The van der Waals surface area contributed by atoms with Gasteiger partial charge in [0.1, 0.15) is 24.2 Å². The molecule has 0 saturated carbocycles. The molecule has 6 nitrogen and oxygen atoms in total. The normalized spacial score (nSPS) is 12.2. The topological polar surface area (TPSA) is 77.6 Å². The molecule has 3 rings (SSSR count). The molecule has 0 aliphatic carbocycles. The standard InChI is InChI=1S/C17H14F2N2O4/c18-17(19)25-12-7-5-11(6-8-12)14(22)9-23-15-4-2-1-3-13(15)16-21-20-10-24-16/h1-8,10,14,17,22H,9H2. The van der Waals surface area contributed by atoms with Gasteiger partial charge in [0.15, 0.2) is 0 Å². The molecule has 1 atom stereocenters. The van der Waals surface area contributed by atoms with Crippen molar-refractivity contribution < 1.29 is 27.8 Å². The number of halogens is 2. The van der Waals surface area contributed by atoms with Crippen LogP contribution >= 0.6 is 0 Å². The molecule has 0 spiro atoms. The smallest absolute Gasteiger partial charge is 0.387 e. The number of alkyl halides is 2. The molecule has 2 aromatic carbocycles. The van der Waals surface area contributed by atoms with Gasteiger partial charge in [-0.1, -0.05) is 24.3 Å².